The van der Waals surface area contributed by atoms with Crippen molar-refractivity contribution in [1.29, 1.82) is 0 Å². The molecule has 2 nitrogen and oxygen atoms in total. The molecule has 29 heavy (non-hydrogen) atoms. The Morgan fingerprint density at radius 1 is 0.897 bits per heavy atom. The van der Waals surface area contributed by atoms with Gasteiger partial charge in [0.15, 0.2) is 0 Å². The monoisotopic (exact) mass is 424 g/mol. The molecular weight excluding hydrogens is 388 g/mol. The summed E-state index contributed by atoms with van der Waals surface area (Å²) in [6, 6.07) is 21.1. The first-order valence-corrected chi connectivity index (χ1v) is 15.9. The summed E-state index contributed by atoms with van der Waals surface area (Å²) in [4.78, 5) is 0. The third kappa shape index (κ3) is 5.93. The van der Waals surface area contributed by atoms with Gasteiger partial charge in [-0.1, -0.05) is 101 Å². The molecule has 2 unspecified atom stereocenters. The fourth-order valence-corrected chi connectivity index (χ4v) is 9.00. The lowest BCUT2D eigenvalue weighted by Crippen LogP contribution is -2.68. The van der Waals surface area contributed by atoms with Gasteiger partial charge in [-0.05, 0) is 22.3 Å². The van der Waals surface area contributed by atoms with Gasteiger partial charge in [-0.25, -0.2) is 0 Å². The van der Waals surface area contributed by atoms with Crippen LogP contribution in [-0.4, -0.2) is 33.7 Å². The van der Waals surface area contributed by atoms with Crippen LogP contribution in [0.5, 0.6) is 0 Å². The van der Waals surface area contributed by atoms with Crippen molar-refractivity contribution in [2.45, 2.75) is 71.0 Å². The van der Waals surface area contributed by atoms with Gasteiger partial charge in [0.1, 0.15) is 8.07 Å². The summed E-state index contributed by atoms with van der Waals surface area (Å²) in [5, 5.41) is 13.2. The lowest BCUT2D eigenvalue weighted by molar-refractivity contribution is 0.0449. The lowest BCUT2D eigenvalue weighted by Gasteiger charge is -2.45. The minimum Gasteiger partial charge on any atom is -0.402 e. The molecule has 156 valence electrons. The molecule has 0 bridgehead atoms. The maximum atomic E-state index is 10.8. The average Bonchev–Trinajstić information content (AvgIpc) is 2.65. The molecule has 0 fully saturated rings. The minimum atomic E-state index is -2.65. The summed E-state index contributed by atoms with van der Waals surface area (Å²) >= 11 is 0. The molecule has 0 radical (unpaired) electrons. The minimum absolute atomic E-state index is 0.103. The Kier molecular flexibility index (Phi) is 7.70. The van der Waals surface area contributed by atoms with Gasteiger partial charge in [-0.2, -0.15) is 0 Å². The van der Waals surface area contributed by atoms with Gasteiger partial charge in [-0.15, -0.1) is 11.5 Å². The summed E-state index contributed by atoms with van der Waals surface area (Å²) in [7, 11) is -4.10. The third-order valence-electron chi connectivity index (χ3n) is 5.10. The van der Waals surface area contributed by atoms with Gasteiger partial charge in [0.05, 0.1) is 12.2 Å². The summed E-state index contributed by atoms with van der Waals surface area (Å²) < 4.78 is 6.95. The van der Waals surface area contributed by atoms with Gasteiger partial charge in [0.25, 0.3) is 8.32 Å². The van der Waals surface area contributed by atoms with Crippen molar-refractivity contribution in [3.05, 3.63) is 60.7 Å². The smallest absolute Gasteiger partial charge is 0.261 e. The molecule has 0 saturated heterocycles. The topological polar surface area (TPSA) is 29.5 Å². The van der Waals surface area contributed by atoms with Gasteiger partial charge in [0, 0.05) is 6.42 Å². The first-order chi connectivity index (χ1) is 13.5. The van der Waals surface area contributed by atoms with Crippen LogP contribution < -0.4 is 10.4 Å². The zero-order valence-corrected chi connectivity index (χ0v) is 21.0. The van der Waals surface area contributed by atoms with Crippen LogP contribution in [0.25, 0.3) is 0 Å². The van der Waals surface area contributed by atoms with Crippen molar-refractivity contribution in [1.82, 2.24) is 0 Å². The van der Waals surface area contributed by atoms with E-state index in [9.17, 15) is 5.11 Å². The molecule has 0 saturated carbocycles. The zero-order valence-electron chi connectivity index (χ0n) is 19.0. The van der Waals surface area contributed by atoms with Crippen molar-refractivity contribution in [2.24, 2.45) is 0 Å². The molecule has 0 spiro atoms. The molecule has 2 aromatic carbocycles. The highest BCUT2D eigenvalue weighted by Crippen LogP contribution is 2.37. The number of aliphatic hydroxyl groups excluding tert-OH is 1. The molecule has 0 aliphatic carbocycles. The van der Waals surface area contributed by atoms with E-state index < -0.39 is 22.5 Å². The second-order valence-electron chi connectivity index (χ2n) is 9.81. The van der Waals surface area contributed by atoms with Crippen LogP contribution in [0.2, 0.25) is 24.7 Å². The molecule has 0 amide bonds. The van der Waals surface area contributed by atoms with E-state index in [1.807, 2.05) is 19.1 Å². The Labute approximate surface area is 179 Å². The van der Waals surface area contributed by atoms with E-state index in [2.05, 4.69) is 100 Å². The largest absolute Gasteiger partial charge is 0.402 e. The van der Waals surface area contributed by atoms with E-state index in [1.54, 1.807) is 0 Å². The molecule has 1 N–H and O–H groups in total. The average molecular weight is 425 g/mol. The molecule has 0 aliphatic heterocycles. The van der Waals surface area contributed by atoms with Crippen LogP contribution in [-0.2, 0) is 4.43 Å². The van der Waals surface area contributed by atoms with Crippen LogP contribution in [0, 0.1) is 11.5 Å². The maximum Gasteiger partial charge on any atom is 0.261 e. The van der Waals surface area contributed by atoms with Crippen LogP contribution in [0.1, 0.15) is 34.1 Å². The van der Waals surface area contributed by atoms with E-state index >= 15 is 0 Å². The highest BCUT2D eigenvalue weighted by molar-refractivity contribution is 6.99. The van der Waals surface area contributed by atoms with Crippen LogP contribution in [0.15, 0.2) is 60.7 Å². The Morgan fingerprint density at radius 2 is 1.34 bits per heavy atom. The predicted octanol–water partition coefficient (Wildman–Crippen LogP) is 4.58. The Hall–Kier alpha value is -1.65. The van der Waals surface area contributed by atoms with Crippen molar-refractivity contribution in [3.63, 3.8) is 0 Å². The summed E-state index contributed by atoms with van der Waals surface area (Å²) in [5.74, 6) is 3.21. The Morgan fingerprint density at radius 3 is 1.72 bits per heavy atom. The molecule has 0 heterocycles. The van der Waals surface area contributed by atoms with E-state index in [1.165, 1.54) is 10.4 Å². The molecule has 2 atom stereocenters. The van der Waals surface area contributed by atoms with E-state index in [4.69, 9.17) is 4.43 Å². The third-order valence-corrected chi connectivity index (χ3v) is 11.2. The van der Waals surface area contributed by atoms with Crippen LogP contribution in [0.4, 0.5) is 0 Å². The molecule has 2 rings (SSSR count). The van der Waals surface area contributed by atoms with Crippen LogP contribution in [0.3, 0.4) is 0 Å². The Balaban J connectivity index is 2.47. The molecule has 0 aliphatic rings. The van der Waals surface area contributed by atoms with Crippen molar-refractivity contribution in [2.75, 3.05) is 0 Å². The number of hydrogen-bond acceptors (Lipinski definition) is 2. The van der Waals surface area contributed by atoms with Gasteiger partial charge in [-0.3, -0.25) is 0 Å². The molecule has 4 heteroatoms. The van der Waals surface area contributed by atoms with Crippen LogP contribution >= 0.6 is 0 Å². The van der Waals surface area contributed by atoms with Gasteiger partial charge >= 0.3 is 0 Å². The molecule has 2 aromatic rings. The van der Waals surface area contributed by atoms with Gasteiger partial charge < -0.3 is 9.53 Å². The number of benzene rings is 2. The predicted molar refractivity (Wildman–Crippen MR) is 130 cm³/mol. The number of aliphatic hydroxyl groups is 1. The highest BCUT2D eigenvalue weighted by atomic mass is 28.4. The lowest BCUT2D eigenvalue weighted by atomic mass is 10.2. The van der Waals surface area contributed by atoms with Crippen molar-refractivity contribution < 1.29 is 9.53 Å². The molecular formula is C25H36O2Si2. The summed E-state index contributed by atoms with van der Waals surface area (Å²) in [5.41, 5.74) is 3.35. The molecule has 0 aromatic heterocycles. The second-order valence-corrected chi connectivity index (χ2v) is 18.8. The normalized spacial score (nSPS) is 14.6. The zero-order chi connectivity index (χ0) is 21.7. The fourth-order valence-electron chi connectivity index (χ4n) is 3.64. The first kappa shape index (κ1) is 23.6. The Bertz CT molecular complexity index is 785. The van der Waals surface area contributed by atoms with Crippen molar-refractivity contribution in [3.8, 4) is 11.5 Å². The van der Waals surface area contributed by atoms with Gasteiger partial charge in [0.2, 0.25) is 0 Å². The summed E-state index contributed by atoms with van der Waals surface area (Å²) in [6.45, 7) is 15.4. The SMILES string of the molecule is CC(O[Si](c1ccccc1)(c1ccccc1)C(C)(C)C)C(O)CC#C[Si](C)(C)C. The standard InChI is InChI=1S/C25H36O2Si2/c1-21(24(26)19-14-20-28(5,6)7)27-29(25(2,3)4,22-15-10-8-11-16-22)23-17-12-9-13-18-23/h8-13,15-18,21,24,26H,19H2,1-7H3. The first-order valence-electron chi connectivity index (χ1n) is 10.4. The number of hydrogen-bond donors (Lipinski definition) is 1. The van der Waals surface area contributed by atoms with E-state index in [-0.39, 0.29) is 11.1 Å². The quantitative estimate of drug-likeness (QED) is 0.543. The maximum absolute atomic E-state index is 10.8. The fraction of sp³-hybridized carbons (Fsp3) is 0.440. The highest BCUT2D eigenvalue weighted by Gasteiger charge is 2.51. The number of rotatable bonds is 6. The second kappa shape index (κ2) is 9.44. The van der Waals surface area contributed by atoms with E-state index in [0.29, 0.717) is 6.42 Å². The summed E-state index contributed by atoms with van der Waals surface area (Å²) in [6.07, 6.45) is -0.471. The van der Waals surface area contributed by atoms with E-state index in [0.717, 1.165) is 0 Å². The van der Waals surface area contributed by atoms with Crippen molar-refractivity contribution >= 4 is 26.8 Å².